The summed E-state index contributed by atoms with van der Waals surface area (Å²) >= 11 is 3.27. The standard InChI is InChI=1S/C14H23BrN2O2/c1-13(2,3)9-10(15)12(19)17(11(9)18)8-7-16-14(4,5)6/h16H,7-8H2,1-6H3. The molecule has 19 heavy (non-hydrogen) atoms. The van der Waals surface area contributed by atoms with E-state index in [9.17, 15) is 9.59 Å². The summed E-state index contributed by atoms with van der Waals surface area (Å²) in [4.78, 5) is 25.7. The number of hydrogen-bond donors (Lipinski definition) is 1. The average molecular weight is 331 g/mol. The van der Waals surface area contributed by atoms with Crippen LogP contribution in [0, 0.1) is 5.41 Å². The monoisotopic (exact) mass is 330 g/mol. The van der Waals surface area contributed by atoms with Crippen LogP contribution in [0.15, 0.2) is 10.1 Å². The minimum absolute atomic E-state index is 0.0245. The molecule has 1 aliphatic heterocycles. The number of halogens is 1. The summed E-state index contributed by atoms with van der Waals surface area (Å²) in [5.74, 6) is -0.411. The van der Waals surface area contributed by atoms with Crippen LogP contribution in [0.4, 0.5) is 0 Å². The number of nitrogens with zero attached hydrogens (tertiary/aromatic N) is 1. The first kappa shape index (κ1) is 16.4. The molecule has 0 fully saturated rings. The normalized spacial score (nSPS) is 17.7. The molecule has 0 unspecified atom stereocenters. The van der Waals surface area contributed by atoms with Gasteiger partial charge in [0.25, 0.3) is 11.8 Å². The highest BCUT2D eigenvalue weighted by Crippen LogP contribution is 2.37. The SMILES string of the molecule is CC(C)(C)NCCN1C(=O)C(Br)=C(C(C)(C)C)C1=O. The molecule has 1 rings (SSSR count). The lowest BCUT2D eigenvalue weighted by Gasteiger charge is -2.24. The molecule has 0 atom stereocenters. The zero-order chi connectivity index (χ0) is 15.0. The molecule has 0 bridgehead atoms. The van der Waals surface area contributed by atoms with Crippen molar-refractivity contribution in [3.05, 3.63) is 10.1 Å². The smallest absolute Gasteiger partial charge is 0.268 e. The van der Waals surface area contributed by atoms with Gasteiger partial charge in [0.15, 0.2) is 0 Å². The fraction of sp³-hybridized carbons (Fsp3) is 0.714. The molecule has 2 amide bonds. The summed E-state index contributed by atoms with van der Waals surface area (Å²) < 4.78 is 0.403. The quantitative estimate of drug-likeness (QED) is 0.808. The van der Waals surface area contributed by atoms with Crippen LogP contribution in [0.25, 0.3) is 0 Å². The number of rotatable bonds is 3. The van der Waals surface area contributed by atoms with E-state index in [0.717, 1.165) is 0 Å². The van der Waals surface area contributed by atoms with E-state index >= 15 is 0 Å². The van der Waals surface area contributed by atoms with Crippen molar-refractivity contribution in [3.63, 3.8) is 0 Å². The van der Waals surface area contributed by atoms with E-state index in [1.165, 1.54) is 4.90 Å². The van der Waals surface area contributed by atoms with Crippen molar-refractivity contribution in [2.45, 2.75) is 47.1 Å². The first-order chi connectivity index (χ1) is 8.45. The van der Waals surface area contributed by atoms with E-state index in [1.807, 2.05) is 20.8 Å². The second kappa shape index (κ2) is 5.37. The Balaban J connectivity index is 2.77. The van der Waals surface area contributed by atoms with Crippen LogP contribution < -0.4 is 5.32 Å². The summed E-state index contributed by atoms with van der Waals surface area (Å²) in [6, 6.07) is 0. The van der Waals surface area contributed by atoms with Crippen LogP contribution in [0.5, 0.6) is 0 Å². The van der Waals surface area contributed by atoms with Crippen molar-refractivity contribution in [3.8, 4) is 0 Å². The molecular weight excluding hydrogens is 308 g/mol. The molecular formula is C14H23BrN2O2. The lowest BCUT2D eigenvalue weighted by molar-refractivity contribution is -0.137. The lowest BCUT2D eigenvalue weighted by Crippen LogP contribution is -2.43. The highest BCUT2D eigenvalue weighted by molar-refractivity contribution is 9.12. The van der Waals surface area contributed by atoms with Crippen LogP contribution in [0.1, 0.15) is 41.5 Å². The number of carbonyl (C=O) groups is 2. The van der Waals surface area contributed by atoms with E-state index in [0.29, 0.717) is 23.1 Å². The third-order valence-corrected chi connectivity index (χ3v) is 3.59. The van der Waals surface area contributed by atoms with Gasteiger partial charge in [-0.1, -0.05) is 20.8 Å². The summed E-state index contributed by atoms with van der Waals surface area (Å²) in [5.41, 5.74) is 0.203. The van der Waals surface area contributed by atoms with Crippen molar-refractivity contribution in [2.75, 3.05) is 13.1 Å². The number of imide groups is 1. The summed E-state index contributed by atoms with van der Waals surface area (Å²) in [5, 5.41) is 3.28. The minimum Gasteiger partial charge on any atom is -0.310 e. The van der Waals surface area contributed by atoms with Crippen LogP contribution in [-0.2, 0) is 9.59 Å². The molecule has 0 radical (unpaired) electrons. The molecule has 0 aromatic rings. The van der Waals surface area contributed by atoms with Gasteiger partial charge in [-0.25, -0.2) is 0 Å². The van der Waals surface area contributed by atoms with Crippen LogP contribution in [0.2, 0.25) is 0 Å². The van der Waals surface area contributed by atoms with E-state index < -0.39 is 0 Å². The van der Waals surface area contributed by atoms with Crippen LogP contribution >= 0.6 is 15.9 Å². The predicted molar refractivity (Wildman–Crippen MR) is 79.9 cm³/mol. The van der Waals surface area contributed by atoms with E-state index in [2.05, 4.69) is 42.0 Å². The highest BCUT2D eigenvalue weighted by atomic mass is 79.9. The molecule has 0 spiro atoms. The van der Waals surface area contributed by atoms with Crippen LogP contribution in [0.3, 0.4) is 0 Å². The second-order valence-electron chi connectivity index (χ2n) is 6.88. The van der Waals surface area contributed by atoms with E-state index in [-0.39, 0.29) is 22.8 Å². The number of carbonyl (C=O) groups excluding carboxylic acids is 2. The molecule has 0 aromatic heterocycles. The van der Waals surface area contributed by atoms with Crippen molar-refractivity contribution < 1.29 is 9.59 Å². The van der Waals surface area contributed by atoms with Gasteiger partial charge in [-0.05, 0) is 42.1 Å². The van der Waals surface area contributed by atoms with Gasteiger partial charge >= 0.3 is 0 Å². The van der Waals surface area contributed by atoms with Gasteiger partial charge in [-0.2, -0.15) is 0 Å². The Morgan fingerprint density at radius 3 is 1.95 bits per heavy atom. The van der Waals surface area contributed by atoms with Gasteiger partial charge < -0.3 is 5.32 Å². The fourth-order valence-electron chi connectivity index (χ4n) is 1.94. The highest BCUT2D eigenvalue weighted by Gasteiger charge is 2.41. The maximum absolute atomic E-state index is 12.3. The first-order valence-corrected chi connectivity index (χ1v) is 7.26. The molecule has 1 N–H and O–H groups in total. The van der Waals surface area contributed by atoms with Crippen molar-refractivity contribution >= 4 is 27.7 Å². The summed E-state index contributed by atoms with van der Waals surface area (Å²) in [6.07, 6.45) is 0. The average Bonchev–Trinajstić information content (AvgIpc) is 2.39. The molecule has 0 saturated carbocycles. The van der Waals surface area contributed by atoms with Gasteiger partial charge in [-0.3, -0.25) is 14.5 Å². The van der Waals surface area contributed by atoms with Gasteiger partial charge in [0.05, 0.1) is 4.48 Å². The van der Waals surface area contributed by atoms with E-state index in [1.54, 1.807) is 0 Å². The maximum atomic E-state index is 12.3. The number of amides is 2. The number of nitrogens with one attached hydrogen (secondary N) is 1. The van der Waals surface area contributed by atoms with E-state index in [4.69, 9.17) is 0 Å². The molecule has 0 saturated heterocycles. The molecule has 4 nitrogen and oxygen atoms in total. The third kappa shape index (κ3) is 3.89. The van der Waals surface area contributed by atoms with Crippen molar-refractivity contribution in [1.82, 2.24) is 10.2 Å². The molecule has 1 heterocycles. The minimum atomic E-state index is -0.336. The molecule has 0 aromatic carbocycles. The van der Waals surface area contributed by atoms with Crippen molar-refractivity contribution in [2.24, 2.45) is 5.41 Å². The van der Waals surface area contributed by atoms with Gasteiger partial charge in [0, 0.05) is 24.2 Å². The Labute approximate surface area is 123 Å². The lowest BCUT2D eigenvalue weighted by atomic mass is 9.86. The molecule has 108 valence electrons. The number of hydrogen-bond acceptors (Lipinski definition) is 3. The third-order valence-electron chi connectivity index (χ3n) is 2.85. The molecule has 0 aliphatic carbocycles. The zero-order valence-corrected chi connectivity index (χ0v) is 14.1. The predicted octanol–water partition coefficient (Wildman–Crippen LogP) is 2.44. The molecule has 5 heteroatoms. The van der Waals surface area contributed by atoms with Crippen molar-refractivity contribution in [1.29, 1.82) is 0 Å². The summed E-state index contributed by atoms with van der Waals surface area (Å²) in [7, 11) is 0. The van der Waals surface area contributed by atoms with Gasteiger partial charge in [-0.15, -0.1) is 0 Å². The second-order valence-corrected chi connectivity index (χ2v) is 7.67. The Morgan fingerprint density at radius 2 is 1.58 bits per heavy atom. The topological polar surface area (TPSA) is 49.4 Å². The van der Waals surface area contributed by atoms with Gasteiger partial charge in [0.1, 0.15) is 0 Å². The molecule has 1 aliphatic rings. The zero-order valence-electron chi connectivity index (χ0n) is 12.6. The Kier molecular flexibility index (Phi) is 4.62. The van der Waals surface area contributed by atoms with Crippen LogP contribution in [-0.4, -0.2) is 35.3 Å². The summed E-state index contributed by atoms with van der Waals surface area (Å²) in [6.45, 7) is 12.9. The Bertz CT molecular complexity index is 428. The Hall–Kier alpha value is -0.680. The fourth-order valence-corrected chi connectivity index (χ4v) is 2.92. The first-order valence-electron chi connectivity index (χ1n) is 6.46. The Morgan fingerprint density at radius 1 is 1.05 bits per heavy atom. The maximum Gasteiger partial charge on any atom is 0.268 e. The van der Waals surface area contributed by atoms with Gasteiger partial charge in [0.2, 0.25) is 0 Å². The largest absolute Gasteiger partial charge is 0.310 e.